The summed E-state index contributed by atoms with van der Waals surface area (Å²) in [6.07, 6.45) is 8.04. The number of benzene rings is 2. The Balaban J connectivity index is 0.000000313. The van der Waals surface area contributed by atoms with Crippen LogP contribution in [0, 0.1) is 17.8 Å². The molecule has 2 aromatic carbocycles. The van der Waals surface area contributed by atoms with Crippen molar-refractivity contribution in [1.29, 1.82) is 0 Å². The summed E-state index contributed by atoms with van der Waals surface area (Å²) >= 11 is 6.41. The van der Waals surface area contributed by atoms with Gasteiger partial charge in [-0.3, -0.25) is 9.69 Å². The molecule has 2 N–H and O–H groups in total. The number of amides is 1. The molecule has 2 aromatic rings. The van der Waals surface area contributed by atoms with E-state index in [4.69, 9.17) is 21.1 Å². The number of fused-ring (bicyclic) bond motifs is 5. The van der Waals surface area contributed by atoms with Crippen LogP contribution in [-0.2, 0) is 16.6 Å². The number of anilines is 1. The van der Waals surface area contributed by atoms with E-state index in [-0.39, 0.29) is 22.7 Å². The first-order valence-corrected chi connectivity index (χ1v) is 21.3. The van der Waals surface area contributed by atoms with Gasteiger partial charge in [0.05, 0.1) is 31.6 Å². The van der Waals surface area contributed by atoms with Crippen LogP contribution in [0.1, 0.15) is 80.3 Å². The molecule has 280 valence electrons. The van der Waals surface area contributed by atoms with Crippen molar-refractivity contribution in [3.63, 3.8) is 0 Å². The third kappa shape index (κ3) is 8.19. The van der Waals surface area contributed by atoms with E-state index in [1.807, 2.05) is 24.3 Å². The summed E-state index contributed by atoms with van der Waals surface area (Å²) in [5, 5.41) is 12.3. The zero-order chi connectivity index (χ0) is 35.7. The number of aliphatic hydroxyl groups excluding tert-OH is 1. The SMILES string of the molecule is C=S1NC(=O)c2ccc3c(c2)N(CC2CCC2C(O)CCCC(C)C1C)C[C@@]1(CCCc2cc(Cl)ccc21)CO3.CN1CCN2CCOCC2C1. The number of aliphatic hydroxyl groups is 1. The molecule has 0 radical (unpaired) electrons. The van der Waals surface area contributed by atoms with Crippen molar-refractivity contribution in [1.82, 2.24) is 14.5 Å². The van der Waals surface area contributed by atoms with E-state index in [1.165, 1.54) is 30.8 Å². The van der Waals surface area contributed by atoms with Crippen molar-refractivity contribution in [2.24, 2.45) is 17.8 Å². The maximum atomic E-state index is 13.5. The van der Waals surface area contributed by atoms with Crippen molar-refractivity contribution in [3.05, 3.63) is 58.1 Å². The van der Waals surface area contributed by atoms with Gasteiger partial charge in [-0.05, 0) is 111 Å². The molecular formula is C41H59ClN4O4S. The minimum absolute atomic E-state index is 0.0687. The fourth-order valence-electron chi connectivity index (χ4n) is 9.42. The van der Waals surface area contributed by atoms with Gasteiger partial charge in [-0.15, -0.1) is 0 Å². The van der Waals surface area contributed by atoms with Crippen molar-refractivity contribution >= 4 is 39.7 Å². The van der Waals surface area contributed by atoms with E-state index in [0.717, 1.165) is 101 Å². The predicted octanol–water partition coefficient (Wildman–Crippen LogP) is 6.39. The Morgan fingerprint density at radius 2 is 1.90 bits per heavy atom. The average molecular weight is 739 g/mol. The first-order chi connectivity index (χ1) is 24.6. The lowest BCUT2D eigenvalue weighted by atomic mass is 9.68. The van der Waals surface area contributed by atoms with Gasteiger partial charge >= 0.3 is 0 Å². The van der Waals surface area contributed by atoms with E-state index >= 15 is 0 Å². The standard InChI is InChI=1S/C33H43ClN2O3S.C8H16N2O/c1-21-6-4-8-30(37)27-12-9-25(27)18-36-19-33(15-5-7-23-16-26(34)11-13-28(23)33)20-39-31-14-10-24(17-29(31)36)32(38)35-40(3)22(21)2;1-9-2-3-10-4-5-11-7-8(10)6-9/h10-11,13-14,16-17,21-22,25,27,30,37H,3-9,12,15,18-20H2,1-2H3,(H,35,38);8H,2-7H2,1H3/t21?,22?,25?,27?,30?,33-,40?;/m0./s1. The Bertz CT molecular complexity index is 1580. The molecule has 10 heteroatoms. The summed E-state index contributed by atoms with van der Waals surface area (Å²) in [6.45, 7) is 13.3. The summed E-state index contributed by atoms with van der Waals surface area (Å²) in [5.74, 6) is 6.29. The monoisotopic (exact) mass is 738 g/mol. The number of nitrogens with zero attached hydrogens (tertiary/aromatic N) is 3. The molecule has 3 fully saturated rings. The minimum Gasteiger partial charge on any atom is -0.490 e. The fraction of sp³-hybridized carbons (Fsp3) is 0.659. The summed E-state index contributed by atoms with van der Waals surface area (Å²) in [7, 11) is 1.69. The number of hydrogen-bond donors (Lipinski definition) is 2. The van der Waals surface area contributed by atoms with Gasteiger partial charge in [0.2, 0.25) is 0 Å². The van der Waals surface area contributed by atoms with Gasteiger partial charge in [0.1, 0.15) is 5.75 Å². The molecule has 8 nitrogen and oxygen atoms in total. The van der Waals surface area contributed by atoms with Crippen LogP contribution in [-0.4, -0.2) is 110 Å². The highest BCUT2D eigenvalue weighted by atomic mass is 35.5. The van der Waals surface area contributed by atoms with Gasteiger partial charge in [0, 0.05) is 66.6 Å². The zero-order valence-corrected chi connectivity index (χ0v) is 32.5. The quantitative estimate of drug-likeness (QED) is 0.304. The van der Waals surface area contributed by atoms with Crippen molar-refractivity contribution in [2.75, 3.05) is 71.0 Å². The first kappa shape index (κ1) is 37.2. The molecule has 4 heterocycles. The lowest BCUT2D eigenvalue weighted by molar-refractivity contribution is -0.0397. The van der Waals surface area contributed by atoms with Crippen LogP contribution in [0.3, 0.4) is 0 Å². The Kier molecular flexibility index (Phi) is 11.7. The second kappa shape index (κ2) is 16.1. The summed E-state index contributed by atoms with van der Waals surface area (Å²) < 4.78 is 15.2. The van der Waals surface area contributed by atoms with E-state index < -0.39 is 10.7 Å². The second-order valence-corrected chi connectivity index (χ2v) is 18.6. The molecule has 1 spiro atoms. The Morgan fingerprint density at radius 1 is 1.04 bits per heavy atom. The topological polar surface area (TPSA) is 77.5 Å². The van der Waals surface area contributed by atoms with Crippen molar-refractivity contribution in [3.8, 4) is 5.75 Å². The molecule has 1 amide bonds. The number of nitrogens with one attached hydrogen (secondary N) is 1. The second-order valence-electron chi connectivity index (χ2n) is 16.4. The van der Waals surface area contributed by atoms with Gasteiger partial charge in [-0.25, -0.2) is 0 Å². The van der Waals surface area contributed by atoms with Crippen molar-refractivity contribution < 1.29 is 19.4 Å². The molecule has 0 aromatic heterocycles. The van der Waals surface area contributed by atoms with Crippen LogP contribution in [0.4, 0.5) is 5.69 Å². The lowest BCUT2D eigenvalue weighted by Gasteiger charge is -2.46. The smallest absolute Gasteiger partial charge is 0.260 e. The van der Waals surface area contributed by atoms with E-state index in [0.29, 0.717) is 36.0 Å². The Morgan fingerprint density at radius 3 is 2.73 bits per heavy atom. The summed E-state index contributed by atoms with van der Waals surface area (Å²) in [4.78, 5) is 20.9. The predicted molar refractivity (Wildman–Crippen MR) is 211 cm³/mol. The number of halogens is 1. The zero-order valence-electron chi connectivity index (χ0n) is 31.0. The number of piperazine rings is 1. The number of likely N-dealkylation sites (N-methyl/N-ethyl adjacent to an activating group) is 1. The number of carbonyl (C=O) groups excluding carboxylic acids is 1. The average Bonchev–Trinajstić information content (AvgIpc) is 3.26. The fourth-order valence-corrected chi connectivity index (χ4v) is 10.9. The van der Waals surface area contributed by atoms with Crippen LogP contribution in [0.25, 0.3) is 0 Å². The van der Waals surface area contributed by atoms with Gasteiger partial charge in [-0.2, -0.15) is 0 Å². The third-order valence-corrected chi connectivity index (χ3v) is 15.0. The number of carbonyl (C=O) groups is 1. The Hall–Kier alpha value is -2.14. The molecule has 8 rings (SSSR count). The van der Waals surface area contributed by atoms with Crippen LogP contribution in [0.15, 0.2) is 36.4 Å². The molecule has 2 bridgehead atoms. The maximum Gasteiger partial charge on any atom is 0.260 e. The molecule has 7 unspecified atom stereocenters. The number of aryl methyl sites for hydroxylation is 1. The van der Waals surface area contributed by atoms with E-state index in [2.05, 4.69) is 58.3 Å². The molecule has 4 aliphatic heterocycles. The molecule has 2 saturated heterocycles. The molecule has 6 aliphatic rings. The van der Waals surface area contributed by atoms with Crippen LogP contribution >= 0.6 is 22.3 Å². The van der Waals surface area contributed by atoms with Crippen molar-refractivity contribution in [2.45, 2.75) is 88.0 Å². The number of morpholine rings is 1. The van der Waals surface area contributed by atoms with Crippen LogP contribution in [0.2, 0.25) is 5.02 Å². The largest absolute Gasteiger partial charge is 0.490 e. The highest BCUT2D eigenvalue weighted by molar-refractivity contribution is 8.13. The minimum atomic E-state index is -0.496. The molecular weight excluding hydrogens is 680 g/mol. The number of ether oxygens (including phenoxy) is 2. The lowest BCUT2D eigenvalue weighted by Crippen LogP contribution is -2.56. The Labute approximate surface area is 313 Å². The van der Waals surface area contributed by atoms with Gasteiger partial charge in [0.25, 0.3) is 5.91 Å². The highest BCUT2D eigenvalue weighted by Crippen LogP contribution is 2.47. The third-order valence-electron chi connectivity index (χ3n) is 13.0. The first-order valence-electron chi connectivity index (χ1n) is 19.4. The van der Waals surface area contributed by atoms with Crippen LogP contribution < -0.4 is 14.4 Å². The molecule has 1 saturated carbocycles. The normalized spacial score (nSPS) is 34.6. The molecule has 51 heavy (non-hydrogen) atoms. The van der Waals surface area contributed by atoms with Gasteiger partial charge in [0.15, 0.2) is 0 Å². The van der Waals surface area contributed by atoms with Gasteiger partial charge < -0.3 is 29.1 Å². The highest BCUT2D eigenvalue weighted by Gasteiger charge is 2.44. The van der Waals surface area contributed by atoms with Gasteiger partial charge in [-0.1, -0.05) is 54.5 Å². The molecule has 2 aliphatic carbocycles. The molecule has 8 atom stereocenters. The number of hydrogen-bond acceptors (Lipinski definition) is 7. The van der Waals surface area contributed by atoms with E-state index in [9.17, 15) is 9.90 Å². The maximum absolute atomic E-state index is 13.5. The van der Waals surface area contributed by atoms with E-state index in [1.54, 1.807) is 0 Å². The number of rotatable bonds is 0. The van der Waals surface area contributed by atoms with Crippen LogP contribution in [0.5, 0.6) is 5.75 Å². The summed E-state index contributed by atoms with van der Waals surface area (Å²) in [6, 6.07) is 12.9. The summed E-state index contributed by atoms with van der Waals surface area (Å²) in [5.41, 5.74) is 4.16.